The van der Waals surface area contributed by atoms with Gasteiger partial charge in [0, 0.05) is 24.7 Å². The first kappa shape index (κ1) is 19.3. The monoisotopic (exact) mass is 394 g/mol. The van der Waals surface area contributed by atoms with Crippen molar-refractivity contribution in [1.29, 1.82) is 0 Å². The predicted octanol–water partition coefficient (Wildman–Crippen LogP) is 3.53. The fraction of sp³-hybridized carbons (Fsp3) is 0.316. The highest BCUT2D eigenvalue weighted by atomic mass is 32.2. The van der Waals surface area contributed by atoms with Crippen LogP contribution in [0.1, 0.15) is 6.92 Å². The van der Waals surface area contributed by atoms with Crippen LogP contribution in [0.2, 0.25) is 0 Å². The summed E-state index contributed by atoms with van der Waals surface area (Å²) in [6.07, 6.45) is 0. The molecule has 1 saturated heterocycles. The third-order valence-corrected chi connectivity index (χ3v) is 6.28. The molecule has 2 amide bonds. The van der Waals surface area contributed by atoms with Gasteiger partial charge in [0.25, 0.3) is 0 Å². The summed E-state index contributed by atoms with van der Waals surface area (Å²) in [4.78, 5) is 14.0. The molecule has 0 spiro atoms. The first-order valence-corrected chi connectivity index (χ1v) is 10.4. The topological polar surface area (TPSA) is 66.5 Å². The molecule has 2 aromatic carbocycles. The van der Waals surface area contributed by atoms with Crippen molar-refractivity contribution in [3.63, 3.8) is 0 Å². The van der Waals surface area contributed by atoms with Gasteiger partial charge in [0.2, 0.25) is 0 Å². The number of carbonyl (C=O) groups is 1. The van der Waals surface area contributed by atoms with Gasteiger partial charge in [-0.15, -0.1) is 0 Å². The lowest BCUT2D eigenvalue weighted by atomic mass is 10.0. The summed E-state index contributed by atoms with van der Waals surface area (Å²) in [5.74, 6) is -1.99. The Kier molecular flexibility index (Phi) is 5.46. The number of anilines is 1. The van der Waals surface area contributed by atoms with Gasteiger partial charge in [-0.1, -0.05) is 37.3 Å². The highest BCUT2D eigenvalue weighted by Gasteiger charge is 2.28. The van der Waals surface area contributed by atoms with Crippen LogP contribution in [0, 0.1) is 17.6 Å². The van der Waals surface area contributed by atoms with Crippen molar-refractivity contribution in [2.75, 3.05) is 29.9 Å². The molecule has 144 valence electrons. The zero-order valence-electron chi connectivity index (χ0n) is 14.8. The van der Waals surface area contributed by atoms with Crippen LogP contribution in [-0.4, -0.2) is 43.9 Å². The molecule has 0 radical (unpaired) electrons. The van der Waals surface area contributed by atoms with Gasteiger partial charge in [-0.05, 0) is 17.5 Å². The molecule has 8 heteroatoms. The summed E-state index contributed by atoms with van der Waals surface area (Å²) >= 11 is 0. The summed E-state index contributed by atoms with van der Waals surface area (Å²) in [6, 6.07) is 9.85. The Hall–Kier alpha value is -2.48. The van der Waals surface area contributed by atoms with Crippen molar-refractivity contribution < 1.29 is 22.0 Å². The van der Waals surface area contributed by atoms with E-state index in [0.29, 0.717) is 11.6 Å². The Bertz CT molecular complexity index is 949. The number of sulfone groups is 1. The maximum atomic E-state index is 14.4. The molecule has 1 heterocycles. The van der Waals surface area contributed by atoms with Crippen molar-refractivity contribution in [1.82, 2.24) is 4.90 Å². The highest BCUT2D eigenvalue weighted by molar-refractivity contribution is 7.91. The van der Waals surface area contributed by atoms with Crippen LogP contribution in [-0.2, 0) is 9.84 Å². The van der Waals surface area contributed by atoms with E-state index in [4.69, 9.17) is 0 Å². The van der Waals surface area contributed by atoms with Crippen molar-refractivity contribution in [2.45, 2.75) is 6.92 Å². The lowest BCUT2D eigenvalue weighted by Gasteiger charge is -2.23. The van der Waals surface area contributed by atoms with E-state index in [-0.39, 0.29) is 41.8 Å². The van der Waals surface area contributed by atoms with Crippen molar-refractivity contribution in [2.24, 2.45) is 5.92 Å². The SMILES string of the molecule is C[C@@H]1CN(C(=O)Nc2c(F)cc(F)cc2-c2ccccc2)CCS(=O)(=O)C1. The van der Waals surface area contributed by atoms with E-state index in [1.807, 2.05) is 0 Å². The summed E-state index contributed by atoms with van der Waals surface area (Å²) in [5.41, 5.74) is 0.641. The van der Waals surface area contributed by atoms with Crippen molar-refractivity contribution >= 4 is 21.6 Å². The van der Waals surface area contributed by atoms with E-state index in [9.17, 15) is 22.0 Å². The maximum Gasteiger partial charge on any atom is 0.321 e. The maximum absolute atomic E-state index is 14.4. The molecule has 1 fully saturated rings. The second-order valence-electron chi connectivity index (χ2n) is 6.77. The van der Waals surface area contributed by atoms with E-state index in [2.05, 4.69) is 5.32 Å². The van der Waals surface area contributed by atoms with E-state index in [0.717, 1.165) is 6.07 Å². The van der Waals surface area contributed by atoms with Crippen molar-refractivity contribution in [3.05, 3.63) is 54.1 Å². The molecular formula is C19H20F2N2O3S. The number of halogens is 2. The minimum Gasteiger partial charge on any atom is -0.323 e. The molecule has 0 aliphatic carbocycles. The standard InChI is InChI=1S/C19H20F2N2O3S/c1-13-11-23(7-8-27(25,26)12-13)19(24)22-18-16(9-15(20)10-17(18)21)14-5-3-2-4-6-14/h2-6,9-10,13H,7-8,11-12H2,1H3,(H,22,24)/t13-/m1/s1. The van der Waals surface area contributed by atoms with Gasteiger partial charge in [0.1, 0.15) is 11.6 Å². The quantitative estimate of drug-likeness (QED) is 0.847. The zero-order chi connectivity index (χ0) is 19.6. The number of nitrogens with one attached hydrogen (secondary N) is 1. The molecular weight excluding hydrogens is 374 g/mol. The first-order valence-electron chi connectivity index (χ1n) is 8.56. The summed E-state index contributed by atoms with van der Waals surface area (Å²) in [5, 5.41) is 2.50. The molecule has 0 bridgehead atoms. The van der Waals surface area contributed by atoms with Gasteiger partial charge in [-0.25, -0.2) is 22.0 Å². The molecule has 0 aromatic heterocycles. The van der Waals surface area contributed by atoms with Gasteiger partial charge in [-0.2, -0.15) is 0 Å². The average molecular weight is 394 g/mol. The largest absolute Gasteiger partial charge is 0.323 e. The van der Waals surface area contributed by atoms with Gasteiger partial charge < -0.3 is 10.2 Å². The summed E-state index contributed by atoms with van der Waals surface area (Å²) in [6.45, 7) is 2.02. The molecule has 3 rings (SSSR count). The third-order valence-electron chi connectivity index (χ3n) is 4.40. The number of nitrogens with zero attached hydrogens (tertiary/aromatic N) is 1. The van der Waals surface area contributed by atoms with E-state index >= 15 is 0 Å². The van der Waals surface area contributed by atoms with Crippen LogP contribution in [0.5, 0.6) is 0 Å². The second kappa shape index (κ2) is 7.64. The van der Waals surface area contributed by atoms with E-state index in [1.54, 1.807) is 37.3 Å². The van der Waals surface area contributed by atoms with Crippen LogP contribution < -0.4 is 5.32 Å². The molecule has 1 aliphatic heterocycles. The van der Waals surface area contributed by atoms with Gasteiger partial charge in [0.05, 0.1) is 17.2 Å². The number of rotatable bonds is 2. The first-order chi connectivity index (χ1) is 12.7. The molecule has 5 nitrogen and oxygen atoms in total. The lowest BCUT2D eigenvalue weighted by molar-refractivity contribution is 0.209. The summed E-state index contributed by atoms with van der Waals surface area (Å²) in [7, 11) is -3.22. The number of hydrogen-bond donors (Lipinski definition) is 1. The molecule has 2 aromatic rings. The highest BCUT2D eigenvalue weighted by Crippen LogP contribution is 2.31. The Morgan fingerprint density at radius 1 is 1.19 bits per heavy atom. The Labute approximate surface area is 156 Å². The third kappa shape index (κ3) is 4.63. The van der Waals surface area contributed by atoms with Crippen LogP contribution in [0.15, 0.2) is 42.5 Å². The molecule has 1 N–H and O–H groups in total. The van der Waals surface area contributed by atoms with Crippen molar-refractivity contribution in [3.8, 4) is 11.1 Å². The van der Waals surface area contributed by atoms with Crippen LogP contribution in [0.25, 0.3) is 11.1 Å². The number of carbonyl (C=O) groups excluding carboxylic acids is 1. The molecule has 0 saturated carbocycles. The number of amides is 2. The van der Waals surface area contributed by atoms with Gasteiger partial charge in [-0.3, -0.25) is 0 Å². The van der Waals surface area contributed by atoms with Gasteiger partial charge in [0.15, 0.2) is 9.84 Å². The minimum atomic E-state index is -3.22. The number of benzene rings is 2. The number of urea groups is 1. The minimum absolute atomic E-state index is 0.0109. The average Bonchev–Trinajstić information content (AvgIpc) is 2.74. The zero-order valence-corrected chi connectivity index (χ0v) is 15.6. The molecule has 0 unspecified atom stereocenters. The fourth-order valence-corrected chi connectivity index (χ4v) is 4.84. The Morgan fingerprint density at radius 2 is 1.89 bits per heavy atom. The van der Waals surface area contributed by atoms with Crippen LogP contribution in [0.4, 0.5) is 19.3 Å². The Balaban J connectivity index is 1.90. The normalized spacial score (nSPS) is 19.4. The smallest absolute Gasteiger partial charge is 0.321 e. The van der Waals surface area contributed by atoms with E-state index < -0.39 is 27.5 Å². The second-order valence-corrected chi connectivity index (χ2v) is 9.00. The predicted molar refractivity (Wildman–Crippen MR) is 100 cm³/mol. The Morgan fingerprint density at radius 3 is 2.59 bits per heavy atom. The summed E-state index contributed by atoms with van der Waals surface area (Å²) < 4.78 is 51.9. The molecule has 27 heavy (non-hydrogen) atoms. The van der Waals surface area contributed by atoms with E-state index in [1.165, 1.54) is 4.90 Å². The fourth-order valence-electron chi connectivity index (χ4n) is 3.20. The molecule has 1 aliphatic rings. The molecule has 1 atom stereocenters. The van der Waals surface area contributed by atoms with Gasteiger partial charge >= 0.3 is 6.03 Å². The number of hydrogen-bond acceptors (Lipinski definition) is 3. The van der Waals surface area contributed by atoms with Crippen LogP contribution in [0.3, 0.4) is 0 Å². The van der Waals surface area contributed by atoms with Crippen LogP contribution >= 0.6 is 0 Å². The lowest BCUT2D eigenvalue weighted by Crippen LogP contribution is -2.38.